The molecule has 1 aliphatic heterocycles. The molecule has 2 aromatic rings. The summed E-state index contributed by atoms with van der Waals surface area (Å²) in [5, 5.41) is 12.8. The average Bonchev–Trinajstić information content (AvgIpc) is 3.09. The summed E-state index contributed by atoms with van der Waals surface area (Å²) in [5.41, 5.74) is 0.629. The van der Waals surface area contributed by atoms with Crippen LogP contribution in [0.25, 0.3) is 0 Å². The Kier molecular flexibility index (Phi) is 5.33. The molecular weight excluding hydrogens is 332 g/mol. The maximum atomic E-state index is 12.5. The predicted molar refractivity (Wildman–Crippen MR) is 93.1 cm³/mol. The van der Waals surface area contributed by atoms with Crippen molar-refractivity contribution in [3.63, 3.8) is 0 Å². The van der Waals surface area contributed by atoms with E-state index in [0.29, 0.717) is 30.2 Å². The summed E-state index contributed by atoms with van der Waals surface area (Å²) in [7, 11) is 0. The van der Waals surface area contributed by atoms with Crippen molar-refractivity contribution in [2.75, 3.05) is 32.7 Å². The molecule has 1 N–H and O–H groups in total. The van der Waals surface area contributed by atoms with Crippen LogP contribution in [0.5, 0.6) is 0 Å². The molecule has 1 aromatic heterocycles. The lowest BCUT2D eigenvalue weighted by Crippen LogP contribution is -2.49. The Labute approximate surface area is 144 Å². The van der Waals surface area contributed by atoms with Crippen molar-refractivity contribution in [3.8, 4) is 0 Å². The second-order valence-corrected chi connectivity index (χ2v) is 7.05. The van der Waals surface area contributed by atoms with Crippen LogP contribution in [0.3, 0.4) is 0 Å². The van der Waals surface area contributed by atoms with Crippen molar-refractivity contribution >= 4 is 28.8 Å². The molecule has 0 radical (unpaired) electrons. The zero-order valence-electron chi connectivity index (χ0n) is 12.7. The van der Waals surface area contributed by atoms with Gasteiger partial charge in [0.1, 0.15) is 6.10 Å². The average molecular weight is 351 g/mol. The fraction of sp³-hybridized carbons (Fsp3) is 0.353. The minimum atomic E-state index is -0.454. The number of aliphatic hydroxyl groups is 1. The summed E-state index contributed by atoms with van der Waals surface area (Å²) in [6.45, 7) is 3.49. The second kappa shape index (κ2) is 7.45. The minimum Gasteiger partial charge on any atom is -0.386 e. The molecule has 1 fully saturated rings. The maximum Gasteiger partial charge on any atom is 0.253 e. The fourth-order valence-corrected chi connectivity index (χ4v) is 3.65. The number of carbonyl (C=O) groups excluding carboxylic acids is 1. The van der Waals surface area contributed by atoms with Gasteiger partial charge in [-0.05, 0) is 29.6 Å². The van der Waals surface area contributed by atoms with Gasteiger partial charge in [-0.2, -0.15) is 0 Å². The molecule has 3 rings (SSSR count). The van der Waals surface area contributed by atoms with Crippen LogP contribution >= 0.6 is 22.9 Å². The first-order valence-corrected chi connectivity index (χ1v) is 8.88. The molecule has 0 aliphatic carbocycles. The molecule has 0 spiro atoms. The van der Waals surface area contributed by atoms with Crippen molar-refractivity contribution < 1.29 is 9.90 Å². The van der Waals surface area contributed by atoms with Gasteiger partial charge in [0.2, 0.25) is 0 Å². The van der Waals surface area contributed by atoms with E-state index in [2.05, 4.69) is 4.90 Å². The van der Waals surface area contributed by atoms with Gasteiger partial charge in [0.05, 0.1) is 0 Å². The number of carbonyl (C=O) groups is 1. The zero-order valence-corrected chi connectivity index (χ0v) is 14.3. The number of hydrogen-bond donors (Lipinski definition) is 1. The summed E-state index contributed by atoms with van der Waals surface area (Å²) in [6.07, 6.45) is -0.454. The standard InChI is InChI=1S/C17H19ClN2O2S/c18-14-4-1-3-13(11-14)17(22)20-8-6-19(7-9-20)12-15(21)16-5-2-10-23-16/h1-5,10-11,15,21H,6-9,12H2. The lowest BCUT2D eigenvalue weighted by Gasteiger charge is -2.35. The molecule has 4 nitrogen and oxygen atoms in total. The number of nitrogens with zero attached hydrogens (tertiary/aromatic N) is 2. The second-order valence-electron chi connectivity index (χ2n) is 5.63. The third kappa shape index (κ3) is 4.12. The van der Waals surface area contributed by atoms with Crippen molar-refractivity contribution in [1.29, 1.82) is 0 Å². The normalized spacial score (nSPS) is 17.2. The Morgan fingerprint density at radius 1 is 1.22 bits per heavy atom. The van der Waals surface area contributed by atoms with E-state index in [-0.39, 0.29) is 5.91 Å². The number of hydrogen-bond acceptors (Lipinski definition) is 4. The largest absolute Gasteiger partial charge is 0.386 e. The molecule has 1 amide bonds. The van der Waals surface area contributed by atoms with Gasteiger partial charge in [-0.1, -0.05) is 23.7 Å². The number of β-amino-alcohol motifs (C(OH)–C–C–N with tert-alkyl or cyclic N) is 1. The number of rotatable bonds is 4. The summed E-state index contributed by atoms with van der Waals surface area (Å²) in [5.74, 6) is 0.0194. The van der Waals surface area contributed by atoms with Crippen LogP contribution < -0.4 is 0 Å². The van der Waals surface area contributed by atoms with Gasteiger partial charge in [-0.15, -0.1) is 11.3 Å². The van der Waals surface area contributed by atoms with Crippen LogP contribution in [0.1, 0.15) is 21.3 Å². The first-order chi connectivity index (χ1) is 11.1. The topological polar surface area (TPSA) is 43.8 Å². The van der Waals surface area contributed by atoms with Gasteiger partial charge in [0.25, 0.3) is 5.91 Å². The van der Waals surface area contributed by atoms with E-state index in [1.54, 1.807) is 35.6 Å². The molecule has 1 saturated heterocycles. The van der Waals surface area contributed by atoms with E-state index in [4.69, 9.17) is 11.6 Å². The first kappa shape index (κ1) is 16.5. The molecule has 0 saturated carbocycles. The molecule has 23 heavy (non-hydrogen) atoms. The van der Waals surface area contributed by atoms with E-state index >= 15 is 0 Å². The highest BCUT2D eigenvalue weighted by molar-refractivity contribution is 7.10. The summed E-state index contributed by atoms with van der Waals surface area (Å²) >= 11 is 7.52. The van der Waals surface area contributed by atoms with Gasteiger partial charge in [-0.25, -0.2) is 0 Å². The van der Waals surface area contributed by atoms with Crippen LogP contribution in [0.4, 0.5) is 0 Å². The number of amides is 1. The van der Waals surface area contributed by atoms with Gasteiger partial charge in [-0.3, -0.25) is 9.69 Å². The van der Waals surface area contributed by atoms with Gasteiger partial charge in [0.15, 0.2) is 0 Å². The molecule has 122 valence electrons. The van der Waals surface area contributed by atoms with Crippen molar-refractivity contribution in [2.24, 2.45) is 0 Å². The van der Waals surface area contributed by atoms with Crippen LogP contribution in [-0.2, 0) is 0 Å². The van der Waals surface area contributed by atoms with Gasteiger partial charge < -0.3 is 10.0 Å². The van der Waals surface area contributed by atoms with Gasteiger partial charge in [0, 0.05) is 48.2 Å². The maximum absolute atomic E-state index is 12.5. The monoisotopic (exact) mass is 350 g/mol. The minimum absolute atomic E-state index is 0.0194. The number of benzene rings is 1. The zero-order chi connectivity index (χ0) is 16.2. The van der Waals surface area contributed by atoms with E-state index in [1.165, 1.54) is 0 Å². The third-order valence-corrected chi connectivity index (χ3v) is 5.24. The third-order valence-electron chi connectivity index (χ3n) is 4.03. The van der Waals surface area contributed by atoms with E-state index < -0.39 is 6.10 Å². The number of halogens is 1. The highest BCUT2D eigenvalue weighted by Crippen LogP contribution is 2.20. The van der Waals surface area contributed by atoms with Gasteiger partial charge >= 0.3 is 0 Å². The lowest BCUT2D eigenvalue weighted by atomic mass is 10.1. The quantitative estimate of drug-likeness (QED) is 0.922. The first-order valence-electron chi connectivity index (χ1n) is 7.62. The van der Waals surface area contributed by atoms with Crippen LogP contribution in [0.15, 0.2) is 41.8 Å². The van der Waals surface area contributed by atoms with Crippen LogP contribution in [0.2, 0.25) is 5.02 Å². The molecule has 1 unspecified atom stereocenters. The van der Waals surface area contributed by atoms with Crippen molar-refractivity contribution in [2.45, 2.75) is 6.10 Å². The Hall–Kier alpha value is -1.40. The summed E-state index contributed by atoms with van der Waals surface area (Å²) < 4.78 is 0. The van der Waals surface area contributed by atoms with E-state index in [1.807, 2.05) is 22.4 Å². The molecule has 6 heteroatoms. The molecular formula is C17H19ClN2O2S. The number of thiophene rings is 1. The fourth-order valence-electron chi connectivity index (χ4n) is 2.75. The predicted octanol–water partition coefficient (Wildman–Crippen LogP) is 2.89. The van der Waals surface area contributed by atoms with Crippen LogP contribution in [0, 0.1) is 0 Å². The van der Waals surface area contributed by atoms with Crippen LogP contribution in [-0.4, -0.2) is 53.5 Å². The molecule has 1 aromatic carbocycles. The Bertz CT molecular complexity index is 654. The number of piperazine rings is 1. The van der Waals surface area contributed by atoms with Crippen molar-refractivity contribution in [3.05, 3.63) is 57.2 Å². The molecule has 1 atom stereocenters. The molecule has 2 heterocycles. The smallest absolute Gasteiger partial charge is 0.253 e. The summed E-state index contributed by atoms with van der Waals surface area (Å²) in [4.78, 5) is 17.5. The highest BCUT2D eigenvalue weighted by Gasteiger charge is 2.24. The number of aliphatic hydroxyl groups excluding tert-OH is 1. The Morgan fingerprint density at radius 3 is 2.65 bits per heavy atom. The molecule has 0 bridgehead atoms. The Balaban J connectivity index is 1.53. The SMILES string of the molecule is O=C(c1cccc(Cl)c1)N1CCN(CC(O)c2cccs2)CC1. The Morgan fingerprint density at radius 2 is 2.00 bits per heavy atom. The summed E-state index contributed by atoms with van der Waals surface area (Å²) in [6, 6.07) is 11.0. The van der Waals surface area contributed by atoms with E-state index in [9.17, 15) is 9.90 Å². The van der Waals surface area contributed by atoms with Crippen molar-refractivity contribution in [1.82, 2.24) is 9.80 Å². The molecule has 1 aliphatic rings. The van der Waals surface area contributed by atoms with E-state index in [0.717, 1.165) is 18.0 Å². The lowest BCUT2D eigenvalue weighted by molar-refractivity contribution is 0.0533. The highest BCUT2D eigenvalue weighted by atomic mass is 35.5.